The van der Waals surface area contributed by atoms with E-state index in [4.69, 9.17) is 0 Å². The summed E-state index contributed by atoms with van der Waals surface area (Å²) in [5, 5.41) is 1.15. The number of rotatable bonds is 7. The van der Waals surface area contributed by atoms with Crippen LogP contribution in [0.25, 0.3) is 6.08 Å². The van der Waals surface area contributed by atoms with E-state index in [0.717, 1.165) is 21.4 Å². The molecule has 1 aromatic heterocycles. The van der Waals surface area contributed by atoms with Crippen molar-refractivity contribution in [2.45, 2.75) is 13.5 Å². The summed E-state index contributed by atoms with van der Waals surface area (Å²) in [4.78, 5) is 13.8. The van der Waals surface area contributed by atoms with Gasteiger partial charge in [-0.3, -0.25) is 4.79 Å². The molecule has 0 aliphatic carbocycles. The highest BCUT2D eigenvalue weighted by Crippen LogP contribution is 2.20. The van der Waals surface area contributed by atoms with Crippen molar-refractivity contribution in [2.75, 3.05) is 0 Å². The molecule has 3 rings (SSSR count). The minimum atomic E-state index is -3.56. The van der Waals surface area contributed by atoms with Gasteiger partial charge >= 0.3 is 0 Å². The number of benzene rings is 2. The molecule has 0 saturated carbocycles. The molecule has 1 N–H and O–H groups in total. The van der Waals surface area contributed by atoms with E-state index in [0.29, 0.717) is 10.4 Å². The van der Waals surface area contributed by atoms with Gasteiger partial charge in [-0.05, 0) is 30.7 Å². The van der Waals surface area contributed by atoms with E-state index in [1.165, 1.54) is 11.3 Å². The summed E-state index contributed by atoms with van der Waals surface area (Å²) >= 11 is 1.29. The van der Waals surface area contributed by atoms with E-state index in [1.54, 1.807) is 30.3 Å². The Labute approximate surface area is 163 Å². The minimum Gasteiger partial charge on any atom is -0.288 e. The standard InChI is InChI=1S/C21H19NO3S2/c1-16-7-9-17(10-8-16)13-14-27(24,25)22-15-19-11-12-20(26-19)21(23)18-5-3-2-4-6-18/h2-14,22H,15H2,1H3/b14-13+. The number of carbonyl (C=O) groups excluding carboxylic acids is 1. The summed E-state index contributed by atoms with van der Waals surface area (Å²) in [7, 11) is -3.56. The van der Waals surface area contributed by atoms with Crippen LogP contribution in [0, 0.1) is 6.92 Å². The zero-order valence-corrected chi connectivity index (χ0v) is 16.4. The van der Waals surface area contributed by atoms with Gasteiger partial charge in [0.1, 0.15) is 0 Å². The molecule has 0 radical (unpaired) electrons. The number of sulfonamides is 1. The molecule has 138 valence electrons. The predicted octanol–water partition coefficient (Wildman–Crippen LogP) is 4.38. The number of nitrogens with one attached hydrogen (secondary N) is 1. The summed E-state index contributed by atoms with van der Waals surface area (Å²) in [5.41, 5.74) is 2.55. The van der Waals surface area contributed by atoms with E-state index < -0.39 is 10.0 Å². The SMILES string of the molecule is Cc1ccc(/C=C/S(=O)(=O)NCc2ccc(C(=O)c3ccccc3)s2)cc1. The highest BCUT2D eigenvalue weighted by molar-refractivity contribution is 7.92. The lowest BCUT2D eigenvalue weighted by Gasteiger charge is -2.01. The zero-order valence-electron chi connectivity index (χ0n) is 14.8. The van der Waals surface area contributed by atoms with E-state index in [1.807, 2.05) is 49.4 Å². The van der Waals surface area contributed by atoms with Crippen LogP contribution in [0.4, 0.5) is 0 Å². The first-order chi connectivity index (χ1) is 12.9. The second kappa shape index (κ2) is 8.43. The molecule has 0 aliphatic rings. The lowest BCUT2D eigenvalue weighted by molar-refractivity contribution is 0.104. The Morgan fingerprint density at radius 1 is 1.00 bits per heavy atom. The van der Waals surface area contributed by atoms with Gasteiger partial charge < -0.3 is 0 Å². The second-order valence-electron chi connectivity index (χ2n) is 6.04. The molecular formula is C21H19NO3S2. The van der Waals surface area contributed by atoms with Crippen LogP contribution in [0.2, 0.25) is 0 Å². The first-order valence-electron chi connectivity index (χ1n) is 8.36. The first kappa shape index (κ1) is 19.2. The molecule has 0 atom stereocenters. The number of ketones is 1. The Balaban J connectivity index is 1.62. The average molecular weight is 398 g/mol. The molecule has 0 amide bonds. The quantitative estimate of drug-likeness (QED) is 0.602. The molecule has 27 heavy (non-hydrogen) atoms. The van der Waals surface area contributed by atoms with Crippen molar-refractivity contribution in [2.24, 2.45) is 0 Å². The zero-order chi connectivity index (χ0) is 19.3. The molecule has 0 aliphatic heterocycles. The number of thiophene rings is 1. The van der Waals surface area contributed by atoms with Crippen molar-refractivity contribution < 1.29 is 13.2 Å². The summed E-state index contributed by atoms with van der Waals surface area (Å²) in [6, 6.07) is 20.1. The summed E-state index contributed by atoms with van der Waals surface area (Å²) in [6.45, 7) is 2.12. The molecule has 6 heteroatoms. The third-order valence-corrected chi connectivity index (χ3v) is 6.01. The smallest absolute Gasteiger partial charge is 0.234 e. The fourth-order valence-corrected chi connectivity index (χ4v) is 4.18. The molecule has 0 fully saturated rings. The van der Waals surface area contributed by atoms with Gasteiger partial charge in [-0.2, -0.15) is 0 Å². The monoisotopic (exact) mass is 397 g/mol. The lowest BCUT2D eigenvalue weighted by atomic mass is 10.1. The van der Waals surface area contributed by atoms with Crippen molar-refractivity contribution in [3.63, 3.8) is 0 Å². The molecule has 2 aromatic carbocycles. The van der Waals surface area contributed by atoms with E-state index in [2.05, 4.69) is 4.72 Å². The van der Waals surface area contributed by atoms with Gasteiger partial charge in [-0.25, -0.2) is 13.1 Å². The van der Waals surface area contributed by atoms with E-state index in [9.17, 15) is 13.2 Å². The van der Waals surface area contributed by atoms with Gasteiger partial charge in [0.15, 0.2) is 0 Å². The van der Waals surface area contributed by atoms with Crippen LogP contribution in [-0.4, -0.2) is 14.2 Å². The van der Waals surface area contributed by atoms with E-state index in [-0.39, 0.29) is 12.3 Å². The number of aryl methyl sites for hydroxylation is 1. The fourth-order valence-electron chi connectivity index (χ4n) is 2.39. The number of hydrogen-bond acceptors (Lipinski definition) is 4. The van der Waals surface area contributed by atoms with Crippen LogP contribution in [0.15, 0.2) is 72.1 Å². The lowest BCUT2D eigenvalue weighted by Crippen LogP contribution is -2.19. The van der Waals surface area contributed by atoms with Gasteiger partial charge in [0.05, 0.1) is 4.88 Å². The van der Waals surface area contributed by atoms with Crippen LogP contribution in [-0.2, 0) is 16.6 Å². The van der Waals surface area contributed by atoms with Crippen molar-refractivity contribution in [3.05, 3.63) is 98.6 Å². The molecule has 0 unspecified atom stereocenters. The highest BCUT2D eigenvalue weighted by Gasteiger charge is 2.12. The van der Waals surface area contributed by atoms with Gasteiger partial charge in [0, 0.05) is 22.4 Å². The van der Waals surface area contributed by atoms with Crippen LogP contribution in [0.5, 0.6) is 0 Å². The van der Waals surface area contributed by atoms with Crippen LogP contribution in [0.3, 0.4) is 0 Å². The highest BCUT2D eigenvalue weighted by atomic mass is 32.2. The Hall–Kier alpha value is -2.54. The Kier molecular flexibility index (Phi) is 6.01. The Morgan fingerprint density at radius 3 is 2.41 bits per heavy atom. The van der Waals surface area contributed by atoms with Gasteiger partial charge in [0.25, 0.3) is 0 Å². The average Bonchev–Trinajstić information content (AvgIpc) is 3.15. The molecule has 3 aromatic rings. The van der Waals surface area contributed by atoms with Crippen molar-refractivity contribution in [3.8, 4) is 0 Å². The van der Waals surface area contributed by atoms with Gasteiger partial charge in [-0.15, -0.1) is 11.3 Å². The third-order valence-electron chi connectivity index (χ3n) is 3.89. The molecule has 1 heterocycles. The van der Waals surface area contributed by atoms with Crippen molar-refractivity contribution in [1.29, 1.82) is 0 Å². The minimum absolute atomic E-state index is 0.0611. The van der Waals surface area contributed by atoms with Crippen LogP contribution < -0.4 is 4.72 Å². The van der Waals surface area contributed by atoms with Gasteiger partial charge in [0.2, 0.25) is 15.8 Å². The number of hydrogen-bond donors (Lipinski definition) is 1. The maximum absolute atomic E-state index is 12.4. The van der Waals surface area contributed by atoms with Crippen LogP contribution in [0.1, 0.15) is 31.2 Å². The topological polar surface area (TPSA) is 63.2 Å². The second-order valence-corrected chi connectivity index (χ2v) is 8.86. The summed E-state index contributed by atoms with van der Waals surface area (Å²) in [5.74, 6) is -0.0611. The van der Waals surface area contributed by atoms with Crippen molar-refractivity contribution in [1.82, 2.24) is 4.72 Å². The van der Waals surface area contributed by atoms with Crippen molar-refractivity contribution >= 4 is 33.2 Å². The predicted molar refractivity (Wildman–Crippen MR) is 110 cm³/mol. The Morgan fingerprint density at radius 2 is 1.70 bits per heavy atom. The molecular weight excluding hydrogens is 378 g/mol. The number of carbonyl (C=O) groups is 1. The largest absolute Gasteiger partial charge is 0.288 e. The molecule has 0 bridgehead atoms. The van der Waals surface area contributed by atoms with Gasteiger partial charge in [-0.1, -0.05) is 60.2 Å². The normalized spacial score (nSPS) is 11.7. The fraction of sp³-hybridized carbons (Fsp3) is 0.0952. The third kappa shape index (κ3) is 5.47. The maximum atomic E-state index is 12.4. The maximum Gasteiger partial charge on any atom is 0.234 e. The first-order valence-corrected chi connectivity index (χ1v) is 10.7. The Bertz CT molecular complexity index is 1050. The summed E-state index contributed by atoms with van der Waals surface area (Å²) in [6.07, 6.45) is 1.56. The molecule has 4 nitrogen and oxygen atoms in total. The summed E-state index contributed by atoms with van der Waals surface area (Å²) < 4.78 is 26.8. The van der Waals surface area contributed by atoms with Crippen LogP contribution >= 0.6 is 11.3 Å². The molecule has 0 spiro atoms. The van der Waals surface area contributed by atoms with E-state index >= 15 is 0 Å². The molecule has 0 saturated heterocycles.